The lowest BCUT2D eigenvalue weighted by molar-refractivity contribution is 0.0746. The molecule has 184 valence electrons. The Morgan fingerprint density at radius 2 is 1.72 bits per heavy atom. The predicted molar refractivity (Wildman–Crippen MR) is 142 cm³/mol. The maximum atomic E-state index is 13.4. The van der Waals surface area contributed by atoms with Crippen LogP contribution in [-0.2, 0) is 23.0 Å². The van der Waals surface area contributed by atoms with Crippen LogP contribution in [0.1, 0.15) is 41.8 Å². The molecule has 0 radical (unpaired) electrons. The maximum Gasteiger partial charge on any atom is 0.254 e. The number of fused-ring (bicyclic) bond motifs is 2. The number of carbonyl (C=O) groups excluding carboxylic acids is 1. The normalized spacial score (nSPS) is 14.0. The first-order valence-electron chi connectivity index (χ1n) is 12.2. The molecule has 36 heavy (non-hydrogen) atoms. The summed E-state index contributed by atoms with van der Waals surface area (Å²) in [5.74, 6) is -0.0959. The van der Waals surface area contributed by atoms with Crippen molar-refractivity contribution in [2.24, 2.45) is 0 Å². The molecule has 3 aromatic carbocycles. The molecule has 0 unspecified atom stereocenters. The molecule has 4 aromatic rings. The van der Waals surface area contributed by atoms with Gasteiger partial charge in [-0.25, -0.2) is 13.1 Å². The molecule has 1 aliphatic rings. The minimum absolute atomic E-state index is 0.0959. The Kier molecular flexibility index (Phi) is 6.60. The highest BCUT2D eigenvalue weighted by Crippen LogP contribution is 2.28. The third kappa shape index (κ3) is 5.03. The number of nitrogens with one attached hydrogen (secondary N) is 1. The summed E-state index contributed by atoms with van der Waals surface area (Å²) >= 11 is 0. The van der Waals surface area contributed by atoms with Crippen molar-refractivity contribution in [2.45, 2.75) is 44.2 Å². The molecule has 7 heteroatoms. The number of hydrogen-bond donors (Lipinski definition) is 1. The molecule has 1 N–H and O–H groups in total. The second kappa shape index (κ2) is 9.84. The van der Waals surface area contributed by atoms with E-state index in [4.69, 9.17) is 0 Å². The number of aromatic nitrogens is 1. The van der Waals surface area contributed by atoms with Gasteiger partial charge in [0.1, 0.15) is 0 Å². The highest BCUT2D eigenvalue weighted by atomic mass is 32.2. The molecule has 0 saturated carbocycles. The molecule has 0 spiro atoms. The van der Waals surface area contributed by atoms with E-state index in [2.05, 4.69) is 40.0 Å². The lowest BCUT2D eigenvalue weighted by atomic mass is 9.97. The van der Waals surface area contributed by atoms with Crippen LogP contribution >= 0.6 is 0 Å². The predicted octanol–water partition coefficient (Wildman–Crippen LogP) is 5.18. The molecule has 1 amide bonds. The van der Waals surface area contributed by atoms with Gasteiger partial charge in [0.15, 0.2) is 0 Å². The quantitative estimate of drug-likeness (QED) is 0.411. The van der Waals surface area contributed by atoms with Gasteiger partial charge in [0.05, 0.1) is 10.4 Å². The summed E-state index contributed by atoms with van der Waals surface area (Å²) in [6, 6.07) is 22.6. The van der Waals surface area contributed by atoms with E-state index in [9.17, 15) is 13.2 Å². The topological polar surface area (TPSA) is 79.4 Å². The number of pyridine rings is 1. The Hall–Kier alpha value is -3.55. The Morgan fingerprint density at radius 1 is 0.944 bits per heavy atom. The Balaban J connectivity index is 1.39. The minimum Gasteiger partial charge on any atom is -0.334 e. The van der Waals surface area contributed by atoms with Gasteiger partial charge in [-0.2, -0.15) is 0 Å². The summed E-state index contributed by atoms with van der Waals surface area (Å²) in [4.78, 5) is 20.0. The zero-order valence-corrected chi connectivity index (χ0v) is 21.3. The lowest BCUT2D eigenvalue weighted by Gasteiger charge is -2.21. The number of hydrogen-bond acceptors (Lipinski definition) is 4. The van der Waals surface area contributed by atoms with Crippen LogP contribution < -0.4 is 4.72 Å². The van der Waals surface area contributed by atoms with Gasteiger partial charge < -0.3 is 4.90 Å². The van der Waals surface area contributed by atoms with Gasteiger partial charge in [0.25, 0.3) is 5.91 Å². The SMILES string of the molecule is CC(C)NS(=O)(=O)c1ccc(C(=O)N2CCCc3ccc(-c4cnc5ccccc5c4)cc3C2)cc1. The monoisotopic (exact) mass is 499 g/mol. The molecule has 0 aliphatic carbocycles. The first kappa shape index (κ1) is 24.2. The van der Waals surface area contributed by atoms with E-state index in [0.29, 0.717) is 18.7 Å². The number of benzene rings is 3. The van der Waals surface area contributed by atoms with Crippen molar-refractivity contribution < 1.29 is 13.2 Å². The molecule has 0 bridgehead atoms. The first-order chi connectivity index (χ1) is 17.3. The number of para-hydroxylation sites is 1. The van der Waals surface area contributed by atoms with Crippen molar-refractivity contribution in [2.75, 3.05) is 6.54 Å². The van der Waals surface area contributed by atoms with Crippen LogP contribution in [0.5, 0.6) is 0 Å². The minimum atomic E-state index is -3.60. The lowest BCUT2D eigenvalue weighted by Crippen LogP contribution is -2.31. The van der Waals surface area contributed by atoms with Crippen molar-refractivity contribution in [3.05, 3.63) is 95.7 Å². The number of carbonyl (C=O) groups is 1. The van der Waals surface area contributed by atoms with Gasteiger partial charge >= 0.3 is 0 Å². The van der Waals surface area contributed by atoms with Gasteiger partial charge in [-0.15, -0.1) is 0 Å². The standard InChI is InChI=1S/C29H29N3O3S/c1-20(2)31-36(34,35)27-13-11-22(12-14-27)29(33)32-15-5-7-21-9-10-23(16-26(21)19-32)25-17-24-6-3-4-8-28(24)30-18-25/h3-4,6,8-14,16-18,20,31H,5,7,15,19H2,1-2H3. The fourth-order valence-corrected chi connectivity index (χ4v) is 5.93. The molecule has 0 saturated heterocycles. The fourth-order valence-electron chi connectivity index (χ4n) is 4.68. The zero-order chi connectivity index (χ0) is 25.3. The zero-order valence-electron chi connectivity index (χ0n) is 20.4. The molecule has 6 nitrogen and oxygen atoms in total. The van der Waals surface area contributed by atoms with Gasteiger partial charge in [-0.05, 0) is 85.8 Å². The number of rotatable bonds is 5. The summed E-state index contributed by atoms with van der Waals surface area (Å²) in [6.45, 7) is 4.70. The smallest absolute Gasteiger partial charge is 0.254 e. The average Bonchev–Trinajstić information content (AvgIpc) is 3.09. The third-order valence-corrected chi connectivity index (χ3v) is 8.13. The van der Waals surface area contributed by atoms with Crippen LogP contribution in [0, 0.1) is 0 Å². The highest BCUT2D eigenvalue weighted by Gasteiger charge is 2.22. The van der Waals surface area contributed by atoms with Crippen LogP contribution in [0.4, 0.5) is 0 Å². The average molecular weight is 500 g/mol. The van der Waals surface area contributed by atoms with Crippen LogP contribution in [0.3, 0.4) is 0 Å². The van der Waals surface area contributed by atoms with E-state index in [1.54, 1.807) is 26.0 Å². The third-order valence-electron chi connectivity index (χ3n) is 6.46. The van der Waals surface area contributed by atoms with Crippen molar-refractivity contribution in [1.82, 2.24) is 14.6 Å². The fraction of sp³-hybridized carbons (Fsp3) is 0.241. The summed E-state index contributed by atoms with van der Waals surface area (Å²) in [5.41, 5.74) is 5.96. The first-order valence-corrected chi connectivity index (χ1v) is 13.7. The van der Waals surface area contributed by atoms with Crippen molar-refractivity contribution >= 4 is 26.8 Å². The van der Waals surface area contributed by atoms with Crippen LogP contribution in [0.25, 0.3) is 22.0 Å². The highest BCUT2D eigenvalue weighted by molar-refractivity contribution is 7.89. The van der Waals surface area contributed by atoms with Gasteiger partial charge in [0, 0.05) is 41.8 Å². The number of amides is 1. The van der Waals surface area contributed by atoms with Crippen molar-refractivity contribution in [3.63, 3.8) is 0 Å². The molecule has 5 rings (SSSR count). The summed E-state index contributed by atoms with van der Waals surface area (Å²) in [7, 11) is -3.60. The van der Waals surface area contributed by atoms with E-state index >= 15 is 0 Å². The van der Waals surface area contributed by atoms with Crippen molar-refractivity contribution in [1.29, 1.82) is 0 Å². The van der Waals surface area contributed by atoms with Crippen molar-refractivity contribution in [3.8, 4) is 11.1 Å². The summed E-state index contributed by atoms with van der Waals surface area (Å²) in [5, 5.41) is 1.09. The summed E-state index contributed by atoms with van der Waals surface area (Å²) < 4.78 is 27.4. The molecule has 1 aromatic heterocycles. The van der Waals surface area contributed by atoms with E-state index in [1.807, 2.05) is 29.3 Å². The number of sulfonamides is 1. The molecule has 2 heterocycles. The second-order valence-corrected chi connectivity index (χ2v) is 11.2. The number of nitrogens with zero attached hydrogens (tertiary/aromatic N) is 2. The van der Waals surface area contributed by atoms with Gasteiger partial charge in [0.2, 0.25) is 10.0 Å². The Labute approximate surface area is 212 Å². The Morgan fingerprint density at radius 3 is 2.50 bits per heavy atom. The van der Waals surface area contributed by atoms with Gasteiger partial charge in [-0.1, -0.05) is 30.3 Å². The molecule has 1 aliphatic heterocycles. The summed E-state index contributed by atoms with van der Waals surface area (Å²) in [6.07, 6.45) is 3.68. The van der Waals surface area contributed by atoms with Crippen LogP contribution in [-0.4, -0.2) is 36.8 Å². The molecular weight excluding hydrogens is 470 g/mol. The van der Waals surface area contributed by atoms with Crippen LogP contribution in [0.2, 0.25) is 0 Å². The van der Waals surface area contributed by atoms with Crippen LogP contribution in [0.15, 0.2) is 83.9 Å². The molecular formula is C29H29N3O3S. The number of aryl methyl sites for hydroxylation is 1. The second-order valence-electron chi connectivity index (χ2n) is 9.53. The molecule has 0 atom stereocenters. The van der Waals surface area contributed by atoms with Gasteiger partial charge in [-0.3, -0.25) is 9.78 Å². The van der Waals surface area contributed by atoms with E-state index in [-0.39, 0.29) is 16.8 Å². The van der Waals surface area contributed by atoms with E-state index < -0.39 is 10.0 Å². The largest absolute Gasteiger partial charge is 0.334 e. The molecule has 0 fully saturated rings. The van der Waals surface area contributed by atoms with E-state index in [1.165, 1.54) is 17.7 Å². The Bertz CT molecular complexity index is 1530. The maximum absolute atomic E-state index is 13.4. The van der Waals surface area contributed by atoms with E-state index in [0.717, 1.165) is 40.4 Å².